The van der Waals surface area contributed by atoms with Crippen molar-refractivity contribution in [1.29, 1.82) is 0 Å². The summed E-state index contributed by atoms with van der Waals surface area (Å²) in [6.45, 7) is 4.68. The van der Waals surface area contributed by atoms with Crippen LogP contribution in [-0.4, -0.2) is 72.7 Å². The number of benzene rings is 1. The van der Waals surface area contributed by atoms with Gasteiger partial charge in [0.2, 0.25) is 5.91 Å². The predicted octanol–water partition coefficient (Wildman–Crippen LogP) is 1.30. The summed E-state index contributed by atoms with van der Waals surface area (Å²) in [5.41, 5.74) is 0.0591. The SMILES string of the molecule is O=C(CN1CCC(Oc2ccc([N+](=O)[O-])cc2)CC1)N1CCOCC1. The van der Waals surface area contributed by atoms with Crippen LogP contribution in [0.2, 0.25) is 0 Å². The van der Waals surface area contributed by atoms with Crippen molar-refractivity contribution in [2.45, 2.75) is 18.9 Å². The number of nitro groups is 1. The van der Waals surface area contributed by atoms with Crippen molar-refractivity contribution in [2.75, 3.05) is 45.9 Å². The average molecular weight is 349 g/mol. The molecule has 0 atom stereocenters. The summed E-state index contributed by atoms with van der Waals surface area (Å²) in [5.74, 6) is 0.812. The normalized spacial score (nSPS) is 19.6. The number of non-ortho nitro benzene ring substituents is 1. The second kappa shape index (κ2) is 8.26. The third-order valence-corrected chi connectivity index (χ3v) is 4.61. The first kappa shape index (κ1) is 17.6. The number of ether oxygens (including phenoxy) is 2. The van der Waals surface area contributed by atoms with Crippen molar-refractivity contribution in [1.82, 2.24) is 9.80 Å². The molecular formula is C17H23N3O5. The molecule has 2 aliphatic rings. The lowest BCUT2D eigenvalue weighted by atomic mass is 10.1. The third-order valence-electron chi connectivity index (χ3n) is 4.61. The smallest absolute Gasteiger partial charge is 0.269 e. The topological polar surface area (TPSA) is 85.2 Å². The van der Waals surface area contributed by atoms with Gasteiger partial charge >= 0.3 is 0 Å². The van der Waals surface area contributed by atoms with Gasteiger partial charge in [-0.25, -0.2) is 0 Å². The zero-order valence-corrected chi connectivity index (χ0v) is 14.1. The molecule has 0 saturated carbocycles. The van der Waals surface area contributed by atoms with Crippen LogP contribution in [0.25, 0.3) is 0 Å². The largest absolute Gasteiger partial charge is 0.490 e. The maximum Gasteiger partial charge on any atom is 0.269 e. The Morgan fingerprint density at radius 2 is 1.80 bits per heavy atom. The zero-order chi connectivity index (χ0) is 17.6. The van der Waals surface area contributed by atoms with Gasteiger partial charge in [-0.05, 0) is 25.0 Å². The van der Waals surface area contributed by atoms with Gasteiger partial charge in [0.25, 0.3) is 5.69 Å². The van der Waals surface area contributed by atoms with E-state index in [9.17, 15) is 14.9 Å². The van der Waals surface area contributed by atoms with Gasteiger partial charge < -0.3 is 14.4 Å². The van der Waals surface area contributed by atoms with Gasteiger partial charge in [-0.3, -0.25) is 19.8 Å². The third kappa shape index (κ3) is 4.90. The summed E-state index contributed by atoms with van der Waals surface area (Å²) in [6.07, 6.45) is 1.76. The zero-order valence-electron chi connectivity index (χ0n) is 14.1. The minimum Gasteiger partial charge on any atom is -0.490 e. The Bertz CT molecular complexity index is 593. The monoisotopic (exact) mass is 349 g/mol. The molecular weight excluding hydrogens is 326 g/mol. The van der Waals surface area contributed by atoms with E-state index in [1.54, 1.807) is 12.1 Å². The van der Waals surface area contributed by atoms with Gasteiger partial charge in [-0.1, -0.05) is 0 Å². The number of carbonyl (C=O) groups excluding carboxylic acids is 1. The molecule has 136 valence electrons. The summed E-state index contributed by atoms with van der Waals surface area (Å²) in [6, 6.07) is 6.16. The summed E-state index contributed by atoms with van der Waals surface area (Å²) in [4.78, 5) is 26.5. The Kier molecular flexibility index (Phi) is 5.83. The van der Waals surface area contributed by atoms with Crippen LogP contribution < -0.4 is 4.74 Å². The summed E-state index contributed by atoms with van der Waals surface area (Å²) >= 11 is 0. The lowest BCUT2D eigenvalue weighted by Crippen LogP contribution is -2.48. The molecule has 0 aromatic heterocycles. The van der Waals surface area contributed by atoms with Crippen LogP contribution in [0, 0.1) is 10.1 Å². The van der Waals surface area contributed by atoms with E-state index in [0.717, 1.165) is 25.9 Å². The molecule has 2 fully saturated rings. The van der Waals surface area contributed by atoms with Crippen LogP contribution in [0.1, 0.15) is 12.8 Å². The molecule has 0 aliphatic carbocycles. The summed E-state index contributed by atoms with van der Waals surface area (Å²) in [7, 11) is 0. The number of piperidine rings is 1. The van der Waals surface area contributed by atoms with E-state index in [1.807, 2.05) is 4.90 Å². The van der Waals surface area contributed by atoms with E-state index >= 15 is 0 Å². The number of amides is 1. The first-order valence-corrected chi connectivity index (χ1v) is 8.61. The van der Waals surface area contributed by atoms with E-state index in [1.165, 1.54) is 12.1 Å². The van der Waals surface area contributed by atoms with Crippen molar-refractivity contribution in [3.05, 3.63) is 34.4 Å². The number of nitro benzene ring substituents is 1. The predicted molar refractivity (Wildman–Crippen MR) is 90.6 cm³/mol. The second-order valence-corrected chi connectivity index (χ2v) is 6.34. The number of hydrogen-bond acceptors (Lipinski definition) is 6. The molecule has 2 aliphatic heterocycles. The Morgan fingerprint density at radius 3 is 2.40 bits per heavy atom. The van der Waals surface area contributed by atoms with E-state index in [4.69, 9.17) is 9.47 Å². The van der Waals surface area contributed by atoms with E-state index in [0.29, 0.717) is 38.6 Å². The van der Waals surface area contributed by atoms with Crippen molar-refractivity contribution in [3.63, 3.8) is 0 Å². The van der Waals surface area contributed by atoms with Gasteiger partial charge in [0.05, 0.1) is 24.7 Å². The molecule has 1 amide bonds. The van der Waals surface area contributed by atoms with Crippen LogP contribution in [0.3, 0.4) is 0 Å². The Morgan fingerprint density at radius 1 is 1.16 bits per heavy atom. The lowest BCUT2D eigenvalue weighted by molar-refractivity contribution is -0.384. The quantitative estimate of drug-likeness (QED) is 0.588. The summed E-state index contributed by atoms with van der Waals surface area (Å²) < 4.78 is 11.2. The minimum absolute atomic E-state index is 0.0591. The molecule has 0 unspecified atom stereocenters. The molecule has 0 radical (unpaired) electrons. The minimum atomic E-state index is -0.423. The Balaban J connectivity index is 1.42. The highest BCUT2D eigenvalue weighted by atomic mass is 16.6. The van der Waals surface area contributed by atoms with Gasteiger partial charge in [-0.2, -0.15) is 0 Å². The fourth-order valence-electron chi connectivity index (χ4n) is 3.13. The Labute approximate surface area is 146 Å². The van der Waals surface area contributed by atoms with Gasteiger partial charge in [-0.15, -0.1) is 0 Å². The van der Waals surface area contributed by atoms with Crippen LogP contribution in [0.15, 0.2) is 24.3 Å². The molecule has 8 nitrogen and oxygen atoms in total. The fraction of sp³-hybridized carbons (Fsp3) is 0.588. The van der Waals surface area contributed by atoms with Crippen LogP contribution in [0.5, 0.6) is 5.75 Å². The number of likely N-dealkylation sites (tertiary alicyclic amines) is 1. The van der Waals surface area contributed by atoms with Crippen molar-refractivity contribution in [2.24, 2.45) is 0 Å². The highest BCUT2D eigenvalue weighted by Crippen LogP contribution is 2.22. The van der Waals surface area contributed by atoms with Crippen LogP contribution >= 0.6 is 0 Å². The number of morpholine rings is 1. The van der Waals surface area contributed by atoms with Gasteiger partial charge in [0.15, 0.2) is 0 Å². The maximum atomic E-state index is 12.3. The Hall–Kier alpha value is -2.19. The van der Waals surface area contributed by atoms with Crippen molar-refractivity contribution < 1.29 is 19.2 Å². The van der Waals surface area contributed by atoms with E-state index in [-0.39, 0.29) is 17.7 Å². The first-order valence-electron chi connectivity index (χ1n) is 8.61. The van der Waals surface area contributed by atoms with Gasteiger partial charge in [0, 0.05) is 38.3 Å². The van der Waals surface area contributed by atoms with Crippen LogP contribution in [0.4, 0.5) is 5.69 Å². The lowest BCUT2D eigenvalue weighted by Gasteiger charge is -2.34. The van der Waals surface area contributed by atoms with Crippen LogP contribution in [-0.2, 0) is 9.53 Å². The molecule has 25 heavy (non-hydrogen) atoms. The molecule has 0 N–H and O–H groups in total. The fourth-order valence-corrected chi connectivity index (χ4v) is 3.13. The molecule has 1 aromatic carbocycles. The highest BCUT2D eigenvalue weighted by Gasteiger charge is 2.24. The maximum absolute atomic E-state index is 12.3. The number of nitrogens with zero attached hydrogens (tertiary/aromatic N) is 3. The molecule has 1 aromatic rings. The second-order valence-electron chi connectivity index (χ2n) is 6.34. The summed E-state index contributed by atoms with van der Waals surface area (Å²) in [5, 5.41) is 10.7. The van der Waals surface area contributed by atoms with Crippen molar-refractivity contribution >= 4 is 11.6 Å². The number of rotatable bonds is 5. The molecule has 8 heteroatoms. The first-order chi connectivity index (χ1) is 12.1. The van der Waals surface area contributed by atoms with E-state index < -0.39 is 4.92 Å². The molecule has 0 bridgehead atoms. The van der Waals surface area contributed by atoms with Gasteiger partial charge in [0.1, 0.15) is 11.9 Å². The average Bonchev–Trinajstić information content (AvgIpc) is 2.64. The molecule has 0 spiro atoms. The molecule has 2 saturated heterocycles. The highest BCUT2D eigenvalue weighted by molar-refractivity contribution is 5.78. The number of carbonyl (C=O) groups is 1. The van der Waals surface area contributed by atoms with Crippen molar-refractivity contribution in [3.8, 4) is 5.75 Å². The van der Waals surface area contributed by atoms with E-state index in [2.05, 4.69) is 4.90 Å². The molecule has 3 rings (SSSR count). The molecule has 2 heterocycles. The standard InChI is InChI=1S/C17H23N3O5/c21-17(19-9-11-24-12-10-19)13-18-7-5-16(6-8-18)25-15-3-1-14(2-4-15)20(22)23/h1-4,16H,5-13H2. The number of hydrogen-bond donors (Lipinski definition) is 0.